The highest BCUT2D eigenvalue weighted by Crippen LogP contribution is 2.07. The molecular weight excluding hydrogens is 266 g/mol. The highest BCUT2D eigenvalue weighted by molar-refractivity contribution is 5.78. The first kappa shape index (κ1) is 16.2. The maximum Gasteiger partial charge on any atom is 0.409 e. The zero-order chi connectivity index (χ0) is 15.1. The van der Waals surface area contributed by atoms with Gasteiger partial charge < -0.3 is 25.4 Å². The second-order valence-electron chi connectivity index (χ2n) is 4.55. The van der Waals surface area contributed by atoms with Crippen molar-refractivity contribution >= 4 is 18.0 Å². The van der Waals surface area contributed by atoms with Crippen LogP contribution in [0.1, 0.15) is 19.8 Å². The summed E-state index contributed by atoms with van der Waals surface area (Å²) >= 11 is 0. The Morgan fingerprint density at radius 3 is 2.25 bits per heavy atom. The van der Waals surface area contributed by atoms with Crippen LogP contribution in [0, 0.1) is 0 Å². The third-order valence-electron chi connectivity index (χ3n) is 3.14. The molecule has 0 aromatic carbocycles. The minimum atomic E-state index is -1.11. The Bertz CT molecular complexity index is 366. The topological polar surface area (TPSA) is 113 Å². The number of piperazine rings is 1. The minimum absolute atomic E-state index is 0.104. The second-order valence-corrected chi connectivity index (χ2v) is 4.55. The molecule has 8 nitrogen and oxygen atoms in total. The van der Waals surface area contributed by atoms with Gasteiger partial charge in [0.05, 0.1) is 6.61 Å². The molecular formula is C12H21N3O5. The molecule has 1 heterocycles. The van der Waals surface area contributed by atoms with Gasteiger partial charge >= 0.3 is 12.1 Å². The van der Waals surface area contributed by atoms with Crippen LogP contribution in [0.2, 0.25) is 0 Å². The number of carboxylic acids is 1. The maximum atomic E-state index is 11.9. The lowest BCUT2D eigenvalue weighted by atomic mass is 10.1. The first-order valence-electron chi connectivity index (χ1n) is 6.63. The third-order valence-corrected chi connectivity index (χ3v) is 3.14. The minimum Gasteiger partial charge on any atom is -0.480 e. The number of carbonyl (C=O) groups excluding carboxylic acids is 2. The van der Waals surface area contributed by atoms with Crippen molar-refractivity contribution in [1.82, 2.24) is 9.80 Å². The predicted octanol–water partition coefficient (Wildman–Crippen LogP) is -0.521. The van der Waals surface area contributed by atoms with E-state index in [1.807, 2.05) is 0 Å². The van der Waals surface area contributed by atoms with E-state index in [1.54, 1.807) is 16.7 Å². The van der Waals surface area contributed by atoms with Gasteiger partial charge in [0.2, 0.25) is 5.91 Å². The van der Waals surface area contributed by atoms with Crippen LogP contribution >= 0.6 is 0 Å². The van der Waals surface area contributed by atoms with Crippen LogP contribution in [-0.2, 0) is 14.3 Å². The third kappa shape index (κ3) is 4.69. The molecule has 1 aliphatic rings. The lowest BCUT2D eigenvalue weighted by molar-refractivity contribution is -0.139. The molecule has 0 saturated carbocycles. The van der Waals surface area contributed by atoms with Crippen LogP contribution in [0.4, 0.5) is 4.79 Å². The van der Waals surface area contributed by atoms with E-state index < -0.39 is 12.0 Å². The zero-order valence-electron chi connectivity index (χ0n) is 11.6. The highest BCUT2D eigenvalue weighted by Gasteiger charge is 2.25. The summed E-state index contributed by atoms with van der Waals surface area (Å²) < 4.78 is 4.88. The number of hydrogen-bond acceptors (Lipinski definition) is 5. The molecule has 0 radical (unpaired) electrons. The summed E-state index contributed by atoms with van der Waals surface area (Å²) in [6.07, 6.45) is -0.147. The van der Waals surface area contributed by atoms with Crippen LogP contribution in [0.5, 0.6) is 0 Å². The second kappa shape index (κ2) is 7.68. The van der Waals surface area contributed by atoms with Crippen LogP contribution in [0.15, 0.2) is 0 Å². The molecule has 1 fully saturated rings. The van der Waals surface area contributed by atoms with Gasteiger partial charge in [-0.3, -0.25) is 9.59 Å². The monoisotopic (exact) mass is 287 g/mol. The highest BCUT2D eigenvalue weighted by atomic mass is 16.6. The number of carboxylic acid groups (broad SMARTS) is 1. The van der Waals surface area contributed by atoms with E-state index in [4.69, 9.17) is 15.6 Å². The first-order chi connectivity index (χ1) is 9.45. The first-order valence-corrected chi connectivity index (χ1v) is 6.63. The van der Waals surface area contributed by atoms with Crippen LogP contribution < -0.4 is 5.73 Å². The Morgan fingerprint density at radius 2 is 1.75 bits per heavy atom. The molecule has 114 valence electrons. The summed E-state index contributed by atoms with van der Waals surface area (Å²) in [4.78, 5) is 37.1. The molecule has 0 unspecified atom stereocenters. The number of aliphatic carboxylic acids is 1. The van der Waals surface area contributed by atoms with Crippen LogP contribution in [0.3, 0.4) is 0 Å². The molecule has 0 spiro atoms. The fourth-order valence-electron chi connectivity index (χ4n) is 1.91. The largest absolute Gasteiger partial charge is 0.480 e. The Hall–Kier alpha value is -1.83. The summed E-state index contributed by atoms with van der Waals surface area (Å²) in [6, 6.07) is -1.01. The van der Waals surface area contributed by atoms with Gasteiger partial charge in [-0.1, -0.05) is 0 Å². The van der Waals surface area contributed by atoms with Gasteiger partial charge in [0, 0.05) is 32.6 Å². The molecule has 0 aromatic rings. The summed E-state index contributed by atoms with van der Waals surface area (Å²) in [5.74, 6) is -1.24. The normalized spacial score (nSPS) is 16.7. The van der Waals surface area contributed by atoms with Crippen LogP contribution in [0.25, 0.3) is 0 Å². The molecule has 0 bridgehead atoms. The molecule has 1 aliphatic heterocycles. The van der Waals surface area contributed by atoms with Gasteiger partial charge in [-0.15, -0.1) is 0 Å². The fraction of sp³-hybridized carbons (Fsp3) is 0.750. The zero-order valence-corrected chi connectivity index (χ0v) is 11.6. The summed E-state index contributed by atoms with van der Waals surface area (Å²) in [7, 11) is 0. The average molecular weight is 287 g/mol. The van der Waals surface area contributed by atoms with E-state index in [2.05, 4.69) is 0 Å². The van der Waals surface area contributed by atoms with Gasteiger partial charge in [0.15, 0.2) is 0 Å². The lowest BCUT2D eigenvalue weighted by Crippen LogP contribution is -2.51. The molecule has 1 saturated heterocycles. The smallest absolute Gasteiger partial charge is 0.409 e. The van der Waals surface area contributed by atoms with Crippen molar-refractivity contribution in [2.24, 2.45) is 5.73 Å². The molecule has 20 heavy (non-hydrogen) atoms. The Labute approximate surface area is 117 Å². The number of amides is 2. The standard InChI is InChI=1S/C12H21N3O5/c1-2-20-12(19)15-7-5-14(6-8-15)10(16)4-3-9(13)11(17)18/h9H,2-8,13H2,1H3,(H,17,18)/t9-/m0/s1. The molecule has 2 amide bonds. The molecule has 1 atom stereocenters. The van der Waals surface area contributed by atoms with Gasteiger partial charge in [0.1, 0.15) is 6.04 Å². The van der Waals surface area contributed by atoms with E-state index in [0.29, 0.717) is 32.8 Å². The summed E-state index contributed by atoms with van der Waals surface area (Å²) in [5, 5.41) is 8.64. The van der Waals surface area contributed by atoms with Gasteiger partial charge in [0.25, 0.3) is 0 Å². The number of nitrogens with two attached hydrogens (primary N) is 1. The van der Waals surface area contributed by atoms with Gasteiger partial charge in [-0.2, -0.15) is 0 Å². The van der Waals surface area contributed by atoms with Gasteiger partial charge in [-0.25, -0.2) is 4.79 Å². The predicted molar refractivity (Wildman–Crippen MR) is 70.0 cm³/mol. The van der Waals surface area contributed by atoms with E-state index in [1.165, 1.54) is 0 Å². The van der Waals surface area contributed by atoms with Crippen molar-refractivity contribution in [2.45, 2.75) is 25.8 Å². The fourth-order valence-corrected chi connectivity index (χ4v) is 1.91. The van der Waals surface area contributed by atoms with Crippen LogP contribution in [-0.4, -0.2) is 71.7 Å². The SMILES string of the molecule is CCOC(=O)N1CCN(C(=O)CC[C@H](N)C(=O)O)CC1. The Balaban J connectivity index is 2.32. The van der Waals surface area contributed by atoms with E-state index in [-0.39, 0.29) is 24.8 Å². The van der Waals surface area contributed by atoms with E-state index in [9.17, 15) is 14.4 Å². The maximum absolute atomic E-state index is 11.9. The molecule has 0 aromatic heterocycles. The quantitative estimate of drug-likeness (QED) is 0.703. The summed E-state index contributed by atoms with van der Waals surface area (Å²) in [5.41, 5.74) is 5.35. The van der Waals surface area contributed by atoms with Gasteiger partial charge in [-0.05, 0) is 13.3 Å². The van der Waals surface area contributed by atoms with Crippen molar-refractivity contribution in [3.8, 4) is 0 Å². The van der Waals surface area contributed by atoms with E-state index in [0.717, 1.165) is 0 Å². The number of ether oxygens (including phenoxy) is 1. The summed E-state index contributed by atoms with van der Waals surface area (Å²) in [6.45, 7) is 3.78. The molecule has 0 aliphatic carbocycles. The Morgan fingerprint density at radius 1 is 1.20 bits per heavy atom. The molecule has 3 N–H and O–H groups in total. The van der Waals surface area contributed by atoms with Crippen molar-refractivity contribution in [3.63, 3.8) is 0 Å². The van der Waals surface area contributed by atoms with Crippen molar-refractivity contribution in [1.29, 1.82) is 0 Å². The van der Waals surface area contributed by atoms with E-state index >= 15 is 0 Å². The number of nitrogens with zero attached hydrogens (tertiary/aromatic N) is 2. The average Bonchev–Trinajstić information content (AvgIpc) is 2.44. The molecule has 1 rings (SSSR count). The Kier molecular flexibility index (Phi) is 6.23. The van der Waals surface area contributed by atoms with Crippen molar-refractivity contribution in [3.05, 3.63) is 0 Å². The van der Waals surface area contributed by atoms with Crippen molar-refractivity contribution in [2.75, 3.05) is 32.8 Å². The number of hydrogen-bond donors (Lipinski definition) is 2. The lowest BCUT2D eigenvalue weighted by Gasteiger charge is -2.34. The number of rotatable bonds is 5. The number of carbonyl (C=O) groups is 3. The molecule has 8 heteroatoms. The van der Waals surface area contributed by atoms with Crippen molar-refractivity contribution < 1.29 is 24.2 Å².